The average Bonchev–Trinajstić information content (AvgIpc) is 3.21. The second-order valence-corrected chi connectivity index (χ2v) is 8.51. The molecule has 1 aromatic heterocycles. The third-order valence-corrected chi connectivity index (χ3v) is 6.13. The van der Waals surface area contributed by atoms with E-state index in [9.17, 15) is 4.79 Å². The van der Waals surface area contributed by atoms with Gasteiger partial charge in [0.15, 0.2) is 11.5 Å². The van der Waals surface area contributed by atoms with E-state index in [-0.39, 0.29) is 5.91 Å². The molecule has 1 amide bonds. The summed E-state index contributed by atoms with van der Waals surface area (Å²) in [4.78, 5) is 13.9. The number of aromatic nitrogens is 2. The second kappa shape index (κ2) is 10.3. The number of anilines is 1. The number of amides is 1. The van der Waals surface area contributed by atoms with E-state index in [0.717, 1.165) is 17.2 Å². The summed E-state index contributed by atoms with van der Waals surface area (Å²) in [5.41, 5.74) is 1.62. The number of methoxy groups -OCH3 is 3. The number of nitrogens with zero attached hydrogens (tertiary/aromatic N) is 2. The lowest BCUT2D eigenvalue weighted by Crippen LogP contribution is -2.12. The second-order valence-electron chi connectivity index (χ2n) is 6.28. The van der Waals surface area contributed by atoms with Crippen molar-refractivity contribution in [3.8, 4) is 17.2 Å². The van der Waals surface area contributed by atoms with Crippen LogP contribution in [0.5, 0.6) is 17.2 Å². The van der Waals surface area contributed by atoms with Crippen LogP contribution >= 0.6 is 23.1 Å². The first-order valence-electron chi connectivity index (χ1n) is 9.17. The van der Waals surface area contributed by atoms with Crippen molar-refractivity contribution >= 4 is 34.1 Å². The van der Waals surface area contributed by atoms with Gasteiger partial charge in [0.05, 0.1) is 21.3 Å². The first-order chi connectivity index (χ1) is 14.5. The molecule has 0 aliphatic carbocycles. The van der Waals surface area contributed by atoms with Crippen molar-refractivity contribution in [2.45, 2.75) is 18.2 Å². The van der Waals surface area contributed by atoms with Crippen molar-refractivity contribution in [2.24, 2.45) is 0 Å². The van der Waals surface area contributed by atoms with Gasteiger partial charge in [-0.25, -0.2) is 0 Å². The van der Waals surface area contributed by atoms with Gasteiger partial charge in [-0.2, -0.15) is 0 Å². The lowest BCUT2D eigenvalue weighted by atomic mass is 10.1. The first kappa shape index (κ1) is 21.9. The molecule has 0 unspecified atom stereocenters. The highest BCUT2D eigenvalue weighted by Crippen LogP contribution is 2.38. The molecule has 7 nitrogen and oxygen atoms in total. The highest BCUT2D eigenvalue weighted by atomic mass is 32.2. The van der Waals surface area contributed by atoms with E-state index in [2.05, 4.69) is 46.7 Å². The molecule has 0 radical (unpaired) electrons. The molecule has 3 aromatic rings. The topological polar surface area (TPSA) is 82.6 Å². The van der Waals surface area contributed by atoms with Gasteiger partial charge in [0.25, 0.3) is 5.91 Å². The molecule has 0 fully saturated rings. The maximum atomic E-state index is 12.7. The molecular formula is C21H23N3O4S2. The number of aryl methyl sites for hydroxylation is 2. The van der Waals surface area contributed by atoms with Crippen LogP contribution in [-0.4, -0.2) is 43.2 Å². The predicted octanol–water partition coefficient (Wildman–Crippen LogP) is 4.46. The Balaban J connectivity index is 1.61. The van der Waals surface area contributed by atoms with E-state index < -0.39 is 0 Å². The summed E-state index contributed by atoms with van der Waals surface area (Å²) in [6.45, 7) is 2.07. The maximum absolute atomic E-state index is 12.7. The molecule has 0 saturated heterocycles. The molecule has 1 heterocycles. The van der Waals surface area contributed by atoms with E-state index >= 15 is 0 Å². The smallest absolute Gasteiger partial charge is 0.257 e. The van der Waals surface area contributed by atoms with E-state index in [1.54, 1.807) is 23.9 Å². The standard InChI is InChI=1S/C21H23N3O4S2/c1-13-5-7-15(8-6-13)29-10-9-18-23-24-21(30-18)22-20(25)14-11-16(26-2)19(28-4)17(12-14)27-3/h5-8,11-12H,9-10H2,1-4H3,(H,22,24,25). The Morgan fingerprint density at radius 1 is 1.03 bits per heavy atom. The van der Waals surface area contributed by atoms with Crippen LogP contribution in [0.1, 0.15) is 20.9 Å². The van der Waals surface area contributed by atoms with E-state index in [1.165, 1.54) is 43.1 Å². The zero-order valence-electron chi connectivity index (χ0n) is 17.2. The summed E-state index contributed by atoms with van der Waals surface area (Å²) in [5, 5.41) is 12.4. The quantitative estimate of drug-likeness (QED) is 0.487. The molecule has 30 heavy (non-hydrogen) atoms. The van der Waals surface area contributed by atoms with Crippen LogP contribution < -0.4 is 19.5 Å². The van der Waals surface area contributed by atoms with Crippen molar-refractivity contribution in [1.82, 2.24) is 10.2 Å². The number of carbonyl (C=O) groups excluding carboxylic acids is 1. The van der Waals surface area contributed by atoms with Gasteiger partial charge in [0.2, 0.25) is 10.9 Å². The largest absolute Gasteiger partial charge is 0.493 e. The van der Waals surface area contributed by atoms with Crippen molar-refractivity contribution in [1.29, 1.82) is 0 Å². The van der Waals surface area contributed by atoms with Crippen LogP contribution in [0.15, 0.2) is 41.3 Å². The van der Waals surface area contributed by atoms with Crippen LogP contribution in [0.4, 0.5) is 5.13 Å². The number of carbonyl (C=O) groups is 1. The fourth-order valence-electron chi connectivity index (χ4n) is 2.68. The van der Waals surface area contributed by atoms with E-state index in [4.69, 9.17) is 14.2 Å². The van der Waals surface area contributed by atoms with Crippen LogP contribution in [0, 0.1) is 6.92 Å². The molecule has 9 heteroatoms. The summed E-state index contributed by atoms with van der Waals surface area (Å²) < 4.78 is 15.9. The molecule has 3 rings (SSSR count). The van der Waals surface area contributed by atoms with Crippen LogP contribution in [0.3, 0.4) is 0 Å². The summed E-state index contributed by atoms with van der Waals surface area (Å²) in [5.74, 6) is 1.81. The van der Waals surface area contributed by atoms with Crippen molar-refractivity contribution in [3.63, 3.8) is 0 Å². The Morgan fingerprint density at radius 3 is 2.30 bits per heavy atom. The summed E-state index contributed by atoms with van der Waals surface area (Å²) in [6, 6.07) is 11.6. The molecule has 158 valence electrons. The monoisotopic (exact) mass is 445 g/mol. The predicted molar refractivity (Wildman–Crippen MR) is 120 cm³/mol. The molecule has 0 bridgehead atoms. The fourth-order valence-corrected chi connectivity index (χ4v) is 4.40. The summed E-state index contributed by atoms with van der Waals surface area (Å²) >= 11 is 3.13. The lowest BCUT2D eigenvalue weighted by molar-refractivity contribution is 0.102. The number of rotatable bonds is 9. The number of hydrogen-bond acceptors (Lipinski definition) is 8. The van der Waals surface area contributed by atoms with Crippen molar-refractivity contribution in [3.05, 3.63) is 52.5 Å². The Morgan fingerprint density at radius 2 is 1.70 bits per heavy atom. The van der Waals surface area contributed by atoms with Gasteiger partial charge in [-0.15, -0.1) is 22.0 Å². The molecule has 1 N–H and O–H groups in total. The molecule has 0 atom stereocenters. The lowest BCUT2D eigenvalue weighted by Gasteiger charge is -2.13. The molecule has 0 aliphatic heterocycles. The maximum Gasteiger partial charge on any atom is 0.257 e. The molecule has 0 spiro atoms. The summed E-state index contributed by atoms with van der Waals surface area (Å²) in [7, 11) is 4.52. The minimum Gasteiger partial charge on any atom is -0.493 e. The number of ether oxygens (including phenoxy) is 3. The molecule has 0 saturated carbocycles. The number of benzene rings is 2. The van der Waals surface area contributed by atoms with Crippen molar-refractivity contribution < 1.29 is 19.0 Å². The van der Waals surface area contributed by atoms with Gasteiger partial charge in [0, 0.05) is 22.6 Å². The number of hydrogen-bond donors (Lipinski definition) is 1. The Labute approximate surface area is 183 Å². The average molecular weight is 446 g/mol. The third-order valence-electron chi connectivity index (χ3n) is 4.22. The van der Waals surface area contributed by atoms with Gasteiger partial charge in [-0.3, -0.25) is 10.1 Å². The van der Waals surface area contributed by atoms with Crippen LogP contribution in [-0.2, 0) is 6.42 Å². The minimum absolute atomic E-state index is 0.328. The highest BCUT2D eigenvalue weighted by molar-refractivity contribution is 7.99. The Hall–Kier alpha value is -2.78. The van der Waals surface area contributed by atoms with Crippen molar-refractivity contribution in [2.75, 3.05) is 32.4 Å². The Bertz CT molecular complexity index is 981. The van der Waals surface area contributed by atoms with Gasteiger partial charge >= 0.3 is 0 Å². The molecule has 2 aromatic carbocycles. The minimum atomic E-state index is -0.328. The Kier molecular flexibility index (Phi) is 7.53. The zero-order valence-corrected chi connectivity index (χ0v) is 18.9. The normalized spacial score (nSPS) is 10.5. The fraction of sp³-hybridized carbons (Fsp3) is 0.286. The molecular weight excluding hydrogens is 422 g/mol. The van der Waals surface area contributed by atoms with E-state index in [0.29, 0.717) is 27.9 Å². The van der Waals surface area contributed by atoms with Gasteiger partial charge < -0.3 is 14.2 Å². The highest BCUT2D eigenvalue weighted by Gasteiger charge is 2.18. The van der Waals surface area contributed by atoms with Gasteiger partial charge in [-0.1, -0.05) is 29.0 Å². The van der Waals surface area contributed by atoms with Crippen LogP contribution in [0.25, 0.3) is 0 Å². The molecule has 0 aliphatic rings. The summed E-state index contributed by atoms with van der Waals surface area (Å²) in [6.07, 6.45) is 0.774. The van der Waals surface area contributed by atoms with Gasteiger partial charge in [0.1, 0.15) is 5.01 Å². The van der Waals surface area contributed by atoms with Crippen LogP contribution in [0.2, 0.25) is 0 Å². The number of thioether (sulfide) groups is 1. The number of nitrogens with one attached hydrogen (secondary N) is 1. The SMILES string of the molecule is COc1cc(C(=O)Nc2nnc(CCSc3ccc(C)cc3)s2)cc(OC)c1OC. The first-order valence-corrected chi connectivity index (χ1v) is 11.0. The third kappa shape index (κ3) is 5.43. The van der Waals surface area contributed by atoms with E-state index in [1.807, 2.05) is 0 Å². The zero-order chi connectivity index (χ0) is 21.5. The van der Waals surface area contributed by atoms with Gasteiger partial charge in [-0.05, 0) is 31.2 Å².